The summed E-state index contributed by atoms with van der Waals surface area (Å²) in [6, 6.07) is 4.34. The minimum absolute atomic E-state index is 0.0174. The highest BCUT2D eigenvalue weighted by molar-refractivity contribution is 6.00. The predicted molar refractivity (Wildman–Crippen MR) is 185 cm³/mol. The molecular formula is C36H53FN8O4. The quantitative estimate of drug-likeness (QED) is 0.329. The zero-order valence-electron chi connectivity index (χ0n) is 29.7. The second-order valence-corrected chi connectivity index (χ2v) is 14.4. The van der Waals surface area contributed by atoms with Gasteiger partial charge in [0.15, 0.2) is 0 Å². The second kappa shape index (κ2) is 15.7. The van der Waals surface area contributed by atoms with Crippen LogP contribution < -0.4 is 16.0 Å². The van der Waals surface area contributed by atoms with Gasteiger partial charge in [-0.2, -0.15) is 5.10 Å². The van der Waals surface area contributed by atoms with Crippen molar-refractivity contribution >= 4 is 29.4 Å². The zero-order chi connectivity index (χ0) is 35.4. The van der Waals surface area contributed by atoms with Crippen LogP contribution in [0, 0.1) is 17.7 Å². The van der Waals surface area contributed by atoms with Gasteiger partial charge in [-0.1, -0.05) is 32.8 Å². The van der Waals surface area contributed by atoms with E-state index in [0.29, 0.717) is 36.8 Å². The lowest BCUT2D eigenvalue weighted by Crippen LogP contribution is -2.59. The first-order valence-corrected chi connectivity index (χ1v) is 17.8. The Labute approximate surface area is 289 Å². The number of hydrogen-bond donors (Lipinski definition) is 3. The SMILES string of the molecule is CCn1nccc1C(=O)N[C@H](C(=O)Nc1ccc([C@H](C)[C@@H](NC(=O)N(C)C2CC2)C(=O)N2CCN(C)[C@@H](C)C2)cc1F)[C@H]1CC[C@H](C)CC1. The summed E-state index contributed by atoms with van der Waals surface area (Å²) in [5.74, 6) is -1.86. The van der Waals surface area contributed by atoms with Crippen molar-refractivity contribution in [3.8, 4) is 0 Å². The van der Waals surface area contributed by atoms with Crippen LogP contribution in [0.4, 0.5) is 14.9 Å². The van der Waals surface area contributed by atoms with Crippen LogP contribution in [0.3, 0.4) is 0 Å². The molecule has 1 aliphatic heterocycles. The average molecular weight is 681 g/mol. The number of carbonyl (C=O) groups excluding carboxylic acids is 4. The van der Waals surface area contributed by atoms with Crippen molar-refractivity contribution in [1.29, 1.82) is 0 Å². The fraction of sp³-hybridized carbons (Fsp3) is 0.639. The van der Waals surface area contributed by atoms with Gasteiger partial charge in [-0.05, 0) is 82.2 Å². The Morgan fingerprint density at radius 1 is 1.02 bits per heavy atom. The van der Waals surface area contributed by atoms with Gasteiger partial charge in [0.05, 0.1) is 5.69 Å². The van der Waals surface area contributed by atoms with Gasteiger partial charge in [0.1, 0.15) is 23.6 Å². The number of amides is 5. The Morgan fingerprint density at radius 3 is 2.37 bits per heavy atom. The predicted octanol–water partition coefficient (Wildman–Crippen LogP) is 4.04. The molecule has 3 fully saturated rings. The number of hydrogen-bond acceptors (Lipinski definition) is 6. The zero-order valence-corrected chi connectivity index (χ0v) is 29.7. The normalized spacial score (nSPS) is 23.2. The van der Waals surface area contributed by atoms with E-state index in [1.54, 1.807) is 39.9 Å². The summed E-state index contributed by atoms with van der Waals surface area (Å²) in [6.45, 7) is 10.2. The number of rotatable bonds is 11. The van der Waals surface area contributed by atoms with Crippen molar-refractivity contribution in [2.45, 2.75) is 103 Å². The Balaban J connectivity index is 1.33. The first kappa shape index (κ1) is 36.3. The van der Waals surface area contributed by atoms with Gasteiger partial charge < -0.3 is 30.7 Å². The number of piperazine rings is 1. The number of nitrogens with zero attached hydrogens (tertiary/aromatic N) is 5. The summed E-state index contributed by atoms with van der Waals surface area (Å²) in [5, 5.41) is 12.8. The molecule has 3 aliphatic rings. The summed E-state index contributed by atoms with van der Waals surface area (Å²) in [4.78, 5) is 59.8. The summed E-state index contributed by atoms with van der Waals surface area (Å²) in [7, 11) is 3.76. The second-order valence-electron chi connectivity index (χ2n) is 14.4. The highest BCUT2D eigenvalue weighted by atomic mass is 19.1. The molecule has 12 nitrogen and oxygen atoms in total. The molecule has 49 heavy (non-hydrogen) atoms. The molecule has 0 spiro atoms. The average Bonchev–Trinajstić information content (AvgIpc) is 3.83. The van der Waals surface area contributed by atoms with E-state index in [0.717, 1.165) is 45.1 Å². The van der Waals surface area contributed by atoms with E-state index in [1.165, 1.54) is 12.1 Å². The van der Waals surface area contributed by atoms with E-state index < -0.39 is 35.6 Å². The minimum atomic E-state index is -0.908. The molecule has 2 heterocycles. The third-order valence-corrected chi connectivity index (χ3v) is 10.9. The van der Waals surface area contributed by atoms with Crippen LogP contribution in [0.25, 0.3) is 0 Å². The number of nitrogens with one attached hydrogen (secondary N) is 3. The van der Waals surface area contributed by atoms with Crippen LogP contribution in [0.1, 0.15) is 88.2 Å². The summed E-state index contributed by atoms with van der Waals surface area (Å²) < 4.78 is 17.4. The van der Waals surface area contributed by atoms with Gasteiger partial charge in [0.2, 0.25) is 11.8 Å². The summed E-state index contributed by atoms with van der Waals surface area (Å²) in [5.41, 5.74) is 0.861. The largest absolute Gasteiger partial charge is 0.339 e. The molecule has 2 aliphatic carbocycles. The molecule has 4 atom stereocenters. The van der Waals surface area contributed by atoms with E-state index in [1.807, 2.05) is 20.9 Å². The first-order valence-electron chi connectivity index (χ1n) is 17.8. The molecule has 2 aromatic rings. The van der Waals surface area contributed by atoms with E-state index in [2.05, 4.69) is 39.8 Å². The van der Waals surface area contributed by atoms with Crippen molar-refractivity contribution in [2.24, 2.45) is 11.8 Å². The maximum absolute atomic E-state index is 15.8. The number of halogens is 1. The molecule has 0 unspecified atom stereocenters. The molecule has 1 saturated heterocycles. The van der Waals surface area contributed by atoms with E-state index in [-0.39, 0.29) is 35.6 Å². The number of carbonyl (C=O) groups is 4. The molecule has 5 rings (SSSR count). The number of urea groups is 1. The number of aromatic nitrogens is 2. The van der Waals surface area contributed by atoms with Crippen molar-refractivity contribution in [3.05, 3.63) is 47.5 Å². The molecule has 5 amide bonds. The fourth-order valence-electron chi connectivity index (χ4n) is 7.04. The number of likely N-dealkylation sites (N-methyl/N-ethyl adjacent to an activating group) is 1. The highest BCUT2D eigenvalue weighted by Crippen LogP contribution is 2.32. The lowest BCUT2D eigenvalue weighted by Gasteiger charge is -2.40. The standard InChI is InChI=1S/C36H53FN8O4/c1-7-45-30(16-17-38-45)33(46)40-32(25-10-8-22(2)9-11-25)34(47)39-29-15-12-26(20-28(29)37)24(4)31(41-36(49)43(6)27-13-14-27)35(48)44-19-18-42(5)23(3)21-44/h12,15-17,20,22-25,27,31-32H,7-11,13-14,18-19,21H2,1-6H3,(H,39,47)(H,40,46)(H,41,49)/t22-,23-,24-,25-,31+,32-/m0/s1. The van der Waals surface area contributed by atoms with Gasteiger partial charge >= 0.3 is 6.03 Å². The Morgan fingerprint density at radius 2 is 1.73 bits per heavy atom. The molecule has 1 aromatic carbocycles. The minimum Gasteiger partial charge on any atom is -0.339 e. The number of aryl methyl sites for hydroxylation is 1. The molecule has 268 valence electrons. The maximum Gasteiger partial charge on any atom is 0.318 e. The summed E-state index contributed by atoms with van der Waals surface area (Å²) >= 11 is 0. The third kappa shape index (κ3) is 8.60. The van der Waals surface area contributed by atoms with Crippen LogP contribution in [-0.2, 0) is 16.1 Å². The molecule has 0 bridgehead atoms. The number of anilines is 1. The van der Waals surface area contributed by atoms with Crippen LogP contribution in [0.5, 0.6) is 0 Å². The monoisotopic (exact) mass is 680 g/mol. The van der Waals surface area contributed by atoms with Gasteiger partial charge in [0, 0.05) is 57.4 Å². The molecule has 2 saturated carbocycles. The Bertz CT molecular complexity index is 1500. The molecular weight excluding hydrogens is 627 g/mol. The number of benzene rings is 1. The van der Waals surface area contributed by atoms with Gasteiger partial charge in [-0.25, -0.2) is 9.18 Å². The van der Waals surface area contributed by atoms with E-state index in [4.69, 9.17) is 0 Å². The third-order valence-electron chi connectivity index (χ3n) is 10.9. The van der Waals surface area contributed by atoms with Crippen LogP contribution >= 0.6 is 0 Å². The first-order chi connectivity index (χ1) is 23.4. The molecule has 13 heteroatoms. The van der Waals surface area contributed by atoms with Crippen LogP contribution in [0.2, 0.25) is 0 Å². The van der Waals surface area contributed by atoms with Crippen molar-refractivity contribution in [3.63, 3.8) is 0 Å². The topological polar surface area (TPSA) is 132 Å². The smallest absolute Gasteiger partial charge is 0.318 e. The fourth-order valence-corrected chi connectivity index (χ4v) is 7.04. The Hall–Kier alpha value is -4.00. The van der Waals surface area contributed by atoms with E-state index in [9.17, 15) is 19.2 Å². The van der Waals surface area contributed by atoms with E-state index >= 15 is 4.39 Å². The molecule has 3 N–H and O–H groups in total. The van der Waals surface area contributed by atoms with Gasteiger partial charge in [-0.3, -0.25) is 19.1 Å². The lowest BCUT2D eigenvalue weighted by atomic mass is 9.79. The molecule has 1 aromatic heterocycles. The van der Waals surface area contributed by atoms with Crippen molar-refractivity contribution in [1.82, 2.24) is 35.1 Å². The van der Waals surface area contributed by atoms with Crippen molar-refractivity contribution < 1.29 is 23.6 Å². The molecule has 0 radical (unpaired) electrons. The van der Waals surface area contributed by atoms with Crippen molar-refractivity contribution in [2.75, 3.05) is 39.0 Å². The van der Waals surface area contributed by atoms with Crippen LogP contribution in [0.15, 0.2) is 30.5 Å². The van der Waals surface area contributed by atoms with Gasteiger partial charge in [0.25, 0.3) is 5.91 Å². The Kier molecular flexibility index (Phi) is 11.6. The maximum atomic E-state index is 15.8. The highest BCUT2D eigenvalue weighted by Gasteiger charge is 2.38. The lowest BCUT2D eigenvalue weighted by molar-refractivity contribution is -0.136. The summed E-state index contributed by atoms with van der Waals surface area (Å²) in [6.07, 6.45) is 6.84. The van der Waals surface area contributed by atoms with Gasteiger partial charge in [-0.15, -0.1) is 0 Å². The van der Waals surface area contributed by atoms with Crippen LogP contribution in [-0.4, -0.2) is 106 Å².